The predicted molar refractivity (Wildman–Crippen MR) is 115 cm³/mol. The standard InChI is InChI=1S/C22H19ClN2O3S/c23-19-10-4-5-11-21(19)29(27,28)24-18-13-12-16-9-6-14-25(20(16)15-18)22(26)17-7-2-1-3-8-17/h1-5,7-8,10-13,15,24H,6,9,14H2. The van der Waals surface area contributed by atoms with E-state index in [1.54, 1.807) is 41.3 Å². The highest BCUT2D eigenvalue weighted by Gasteiger charge is 2.25. The van der Waals surface area contributed by atoms with Gasteiger partial charge in [0.15, 0.2) is 0 Å². The number of nitrogens with zero attached hydrogens (tertiary/aromatic N) is 1. The highest BCUT2D eigenvalue weighted by Crippen LogP contribution is 2.32. The first-order chi connectivity index (χ1) is 14.0. The van der Waals surface area contributed by atoms with Crippen LogP contribution >= 0.6 is 11.6 Å². The number of nitrogens with one attached hydrogen (secondary N) is 1. The molecule has 0 saturated carbocycles. The summed E-state index contributed by atoms with van der Waals surface area (Å²) in [6.07, 6.45) is 1.70. The van der Waals surface area contributed by atoms with Gasteiger partial charge in [-0.15, -0.1) is 0 Å². The van der Waals surface area contributed by atoms with Crippen molar-refractivity contribution in [3.63, 3.8) is 0 Å². The summed E-state index contributed by atoms with van der Waals surface area (Å²) in [5.41, 5.74) is 2.73. The van der Waals surface area contributed by atoms with E-state index in [4.69, 9.17) is 11.6 Å². The quantitative estimate of drug-likeness (QED) is 0.655. The second-order valence-electron chi connectivity index (χ2n) is 6.81. The number of carbonyl (C=O) groups is 1. The number of sulfonamides is 1. The molecular weight excluding hydrogens is 408 g/mol. The Morgan fingerprint density at radius 1 is 0.966 bits per heavy atom. The summed E-state index contributed by atoms with van der Waals surface area (Å²) in [5, 5.41) is 0.152. The van der Waals surface area contributed by atoms with Gasteiger partial charge >= 0.3 is 0 Å². The molecular formula is C22H19ClN2O3S. The molecule has 0 bridgehead atoms. The van der Waals surface area contributed by atoms with Crippen molar-refractivity contribution in [2.45, 2.75) is 17.7 Å². The van der Waals surface area contributed by atoms with Crippen LogP contribution in [-0.2, 0) is 16.4 Å². The molecule has 0 unspecified atom stereocenters. The Morgan fingerprint density at radius 2 is 1.69 bits per heavy atom. The smallest absolute Gasteiger partial charge is 0.263 e. The van der Waals surface area contributed by atoms with E-state index in [0.29, 0.717) is 17.8 Å². The Kier molecular flexibility index (Phi) is 5.30. The minimum Gasteiger partial charge on any atom is -0.308 e. The summed E-state index contributed by atoms with van der Waals surface area (Å²) in [7, 11) is -3.85. The number of rotatable bonds is 4. The van der Waals surface area contributed by atoms with Gasteiger partial charge in [-0.3, -0.25) is 9.52 Å². The molecule has 5 nitrogen and oxygen atoms in total. The van der Waals surface area contributed by atoms with Gasteiger partial charge in [0.2, 0.25) is 0 Å². The largest absolute Gasteiger partial charge is 0.308 e. The van der Waals surface area contributed by atoms with Gasteiger partial charge in [-0.1, -0.05) is 48.0 Å². The van der Waals surface area contributed by atoms with Gasteiger partial charge in [0.25, 0.3) is 15.9 Å². The van der Waals surface area contributed by atoms with E-state index < -0.39 is 10.0 Å². The molecule has 0 atom stereocenters. The second-order valence-corrected chi connectivity index (χ2v) is 8.86. The second kappa shape index (κ2) is 7.89. The Bertz CT molecular complexity index is 1160. The molecule has 0 saturated heterocycles. The van der Waals surface area contributed by atoms with Crippen LogP contribution in [-0.4, -0.2) is 20.9 Å². The maximum absolute atomic E-state index is 13.0. The Balaban J connectivity index is 1.67. The fraction of sp³-hybridized carbons (Fsp3) is 0.136. The SMILES string of the molecule is O=C(c1ccccc1)N1CCCc2ccc(NS(=O)(=O)c3ccccc3Cl)cc21. The molecule has 1 aliphatic heterocycles. The zero-order valence-electron chi connectivity index (χ0n) is 15.5. The highest BCUT2D eigenvalue weighted by atomic mass is 35.5. The molecule has 1 aliphatic rings. The van der Waals surface area contributed by atoms with Crippen LogP contribution in [0.15, 0.2) is 77.7 Å². The van der Waals surface area contributed by atoms with Crippen LogP contribution in [0, 0.1) is 0 Å². The fourth-order valence-electron chi connectivity index (χ4n) is 3.46. The molecule has 1 heterocycles. The number of halogens is 1. The van der Waals surface area contributed by atoms with Crippen molar-refractivity contribution in [2.24, 2.45) is 0 Å². The fourth-order valence-corrected chi connectivity index (χ4v) is 5.03. The summed E-state index contributed by atoms with van der Waals surface area (Å²) >= 11 is 6.05. The van der Waals surface area contributed by atoms with Crippen LogP contribution in [0.4, 0.5) is 11.4 Å². The van der Waals surface area contributed by atoms with Crippen molar-refractivity contribution in [3.05, 3.63) is 88.9 Å². The molecule has 1 N–H and O–H groups in total. The lowest BCUT2D eigenvalue weighted by Crippen LogP contribution is -2.35. The van der Waals surface area contributed by atoms with Crippen molar-refractivity contribution >= 4 is 38.9 Å². The van der Waals surface area contributed by atoms with Gasteiger partial charge in [-0.25, -0.2) is 8.42 Å². The summed E-state index contributed by atoms with van der Waals surface area (Å²) in [6.45, 7) is 0.585. The number of hydrogen-bond acceptors (Lipinski definition) is 3. The molecule has 1 amide bonds. The molecule has 3 aromatic rings. The van der Waals surface area contributed by atoms with Crippen molar-refractivity contribution < 1.29 is 13.2 Å². The minimum atomic E-state index is -3.85. The monoisotopic (exact) mass is 426 g/mol. The summed E-state index contributed by atoms with van der Waals surface area (Å²) in [6, 6.07) is 20.6. The first-order valence-corrected chi connectivity index (χ1v) is 11.1. The first-order valence-electron chi connectivity index (χ1n) is 9.23. The van der Waals surface area contributed by atoms with Gasteiger partial charge in [0.05, 0.1) is 10.7 Å². The van der Waals surface area contributed by atoms with Gasteiger partial charge in [-0.2, -0.15) is 0 Å². The minimum absolute atomic E-state index is 0.0107. The van der Waals surface area contributed by atoms with E-state index in [-0.39, 0.29) is 15.8 Å². The lowest BCUT2D eigenvalue weighted by molar-refractivity contribution is 0.0985. The number of benzene rings is 3. The van der Waals surface area contributed by atoms with E-state index in [9.17, 15) is 13.2 Å². The van der Waals surface area contributed by atoms with Crippen LogP contribution in [0.5, 0.6) is 0 Å². The number of hydrogen-bond donors (Lipinski definition) is 1. The predicted octanol–water partition coefficient (Wildman–Crippen LogP) is 4.73. The Labute approximate surface area is 175 Å². The van der Waals surface area contributed by atoms with E-state index in [0.717, 1.165) is 24.1 Å². The van der Waals surface area contributed by atoms with E-state index in [1.807, 2.05) is 24.3 Å². The normalized spacial score (nSPS) is 13.6. The number of fused-ring (bicyclic) bond motifs is 1. The van der Waals surface area contributed by atoms with Gasteiger partial charge in [-0.05, 0) is 54.8 Å². The van der Waals surface area contributed by atoms with Crippen LogP contribution in [0.3, 0.4) is 0 Å². The zero-order valence-corrected chi connectivity index (χ0v) is 17.1. The average Bonchev–Trinajstić information content (AvgIpc) is 2.73. The number of carbonyl (C=O) groups excluding carboxylic acids is 1. The molecule has 7 heteroatoms. The lowest BCUT2D eigenvalue weighted by Gasteiger charge is -2.30. The molecule has 0 radical (unpaired) electrons. The maximum atomic E-state index is 13.0. The number of anilines is 2. The zero-order chi connectivity index (χ0) is 20.4. The van der Waals surface area contributed by atoms with Gasteiger partial charge in [0, 0.05) is 17.8 Å². The molecule has 0 aliphatic carbocycles. The van der Waals surface area contributed by atoms with Crippen molar-refractivity contribution in [1.29, 1.82) is 0 Å². The molecule has 0 spiro atoms. The van der Waals surface area contributed by atoms with E-state index in [1.165, 1.54) is 12.1 Å². The number of amides is 1. The van der Waals surface area contributed by atoms with Crippen molar-refractivity contribution in [2.75, 3.05) is 16.2 Å². The first kappa shape index (κ1) is 19.5. The van der Waals surface area contributed by atoms with Crippen LogP contribution < -0.4 is 9.62 Å². The van der Waals surface area contributed by atoms with Crippen LogP contribution in [0.1, 0.15) is 22.3 Å². The third-order valence-electron chi connectivity index (χ3n) is 4.85. The highest BCUT2D eigenvalue weighted by molar-refractivity contribution is 7.92. The van der Waals surface area contributed by atoms with E-state index >= 15 is 0 Å². The molecule has 148 valence electrons. The summed E-state index contributed by atoms with van der Waals surface area (Å²) < 4.78 is 28.1. The third-order valence-corrected chi connectivity index (χ3v) is 6.73. The molecule has 4 rings (SSSR count). The molecule has 3 aromatic carbocycles. The van der Waals surface area contributed by atoms with Crippen LogP contribution in [0.2, 0.25) is 5.02 Å². The Hall–Kier alpha value is -2.83. The van der Waals surface area contributed by atoms with Gasteiger partial charge in [0.1, 0.15) is 4.90 Å². The summed E-state index contributed by atoms with van der Waals surface area (Å²) in [5.74, 6) is -0.0994. The van der Waals surface area contributed by atoms with E-state index in [2.05, 4.69) is 4.72 Å². The van der Waals surface area contributed by atoms with Gasteiger partial charge < -0.3 is 4.90 Å². The number of aryl methyl sites for hydroxylation is 1. The molecule has 29 heavy (non-hydrogen) atoms. The molecule has 0 aromatic heterocycles. The van der Waals surface area contributed by atoms with Crippen LogP contribution in [0.25, 0.3) is 0 Å². The third kappa shape index (κ3) is 3.99. The average molecular weight is 427 g/mol. The molecule has 0 fully saturated rings. The lowest BCUT2D eigenvalue weighted by atomic mass is 10.00. The van der Waals surface area contributed by atoms with Crippen molar-refractivity contribution in [3.8, 4) is 0 Å². The Morgan fingerprint density at radius 3 is 2.45 bits per heavy atom. The van der Waals surface area contributed by atoms with Crippen molar-refractivity contribution in [1.82, 2.24) is 0 Å². The maximum Gasteiger partial charge on any atom is 0.263 e. The topological polar surface area (TPSA) is 66.5 Å². The summed E-state index contributed by atoms with van der Waals surface area (Å²) in [4.78, 5) is 14.7.